The standard InChI is InChI=1S/C12H16N2O4S/c1-18-12(15)10(13)6-7-19-8-9-4-2-3-5-11(9)14(16)17/h2-5,10H,6-8,13H2,1H3. The molecule has 0 aliphatic carbocycles. The Labute approximate surface area is 115 Å². The SMILES string of the molecule is COC(=O)C(N)CCSCc1ccccc1[N+](=O)[O-]. The fourth-order valence-electron chi connectivity index (χ4n) is 1.47. The minimum atomic E-state index is -0.636. The third kappa shape index (κ3) is 4.88. The Morgan fingerprint density at radius 1 is 1.53 bits per heavy atom. The van der Waals surface area contributed by atoms with Crippen molar-refractivity contribution in [3.63, 3.8) is 0 Å². The van der Waals surface area contributed by atoms with E-state index in [4.69, 9.17) is 5.73 Å². The summed E-state index contributed by atoms with van der Waals surface area (Å²) in [6.07, 6.45) is 0.484. The van der Waals surface area contributed by atoms with E-state index in [0.29, 0.717) is 23.5 Å². The molecule has 0 heterocycles. The molecule has 0 fully saturated rings. The van der Waals surface area contributed by atoms with Gasteiger partial charge in [-0.15, -0.1) is 0 Å². The Hall–Kier alpha value is -1.60. The second-order valence-corrected chi connectivity index (χ2v) is 4.96. The van der Waals surface area contributed by atoms with Crippen molar-refractivity contribution < 1.29 is 14.5 Å². The number of hydrogen-bond donors (Lipinski definition) is 1. The van der Waals surface area contributed by atoms with Crippen molar-refractivity contribution in [2.24, 2.45) is 5.73 Å². The normalized spacial score (nSPS) is 11.9. The van der Waals surface area contributed by atoms with Crippen molar-refractivity contribution >= 4 is 23.4 Å². The van der Waals surface area contributed by atoms with E-state index in [9.17, 15) is 14.9 Å². The Kier molecular flexibility index (Phi) is 6.31. The number of hydrogen-bond acceptors (Lipinski definition) is 6. The van der Waals surface area contributed by atoms with E-state index in [0.717, 1.165) is 0 Å². The molecule has 1 aromatic rings. The smallest absolute Gasteiger partial charge is 0.322 e. The van der Waals surface area contributed by atoms with Gasteiger partial charge in [0.15, 0.2) is 0 Å². The molecule has 0 aromatic heterocycles. The fraction of sp³-hybridized carbons (Fsp3) is 0.417. The Morgan fingerprint density at radius 3 is 2.84 bits per heavy atom. The number of para-hydroxylation sites is 1. The molecular weight excluding hydrogens is 268 g/mol. The van der Waals surface area contributed by atoms with Crippen molar-refractivity contribution in [3.05, 3.63) is 39.9 Å². The molecule has 7 heteroatoms. The summed E-state index contributed by atoms with van der Waals surface area (Å²) < 4.78 is 4.52. The average molecular weight is 284 g/mol. The Bertz CT molecular complexity index is 453. The number of rotatable bonds is 7. The van der Waals surface area contributed by atoms with Crippen LogP contribution in [0.3, 0.4) is 0 Å². The maximum atomic E-state index is 11.1. The third-order valence-electron chi connectivity index (χ3n) is 2.52. The zero-order chi connectivity index (χ0) is 14.3. The van der Waals surface area contributed by atoms with Gasteiger partial charge in [-0.1, -0.05) is 18.2 Å². The summed E-state index contributed by atoms with van der Waals surface area (Å²) in [6.45, 7) is 0. The number of benzene rings is 1. The second kappa shape index (κ2) is 7.75. The summed E-state index contributed by atoms with van der Waals surface area (Å²) in [6, 6.07) is 5.98. The molecule has 0 saturated heterocycles. The van der Waals surface area contributed by atoms with E-state index in [2.05, 4.69) is 4.74 Å². The molecule has 1 atom stereocenters. The van der Waals surface area contributed by atoms with E-state index < -0.39 is 16.9 Å². The number of carbonyl (C=O) groups excluding carboxylic acids is 1. The molecule has 1 unspecified atom stereocenters. The lowest BCUT2D eigenvalue weighted by Crippen LogP contribution is -2.31. The van der Waals surface area contributed by atoms with E-state index in [-0.39, 0.29) is 5.69 Å². The highest BCUT2D eigenvalue weighted by Crippen LogP contribution is 2.23. The third-order valence-corrected chi connectivity index (χ3v) is 3.56. The van der Waals surface area contributed by atoms with Gasteiger partial charge in [0.2, 0.25) is 0 Å². The van der Waals surface area contributed by atoms with Crippen LogP contribution in [0.4, 0.5) is 5.69 Å². The number of esters is 1. The van der Waals surface area contributed by atoms with Crippen LogP contribution in [0.5, 0.6) is 0 Å². The van der Waals surface area contributed by atoms with Crippen molar-refractivity contribution in [2.75, 3.05) is 12.9 Å². The number of nitro benzene ring substituents is 1. The van der Waals surface area contributed by atoms with Crippen LogP contribution in [0, 0.1) is 10.1 Å². The van der Waals surface area contributed by atoms with Crippen molar-refractivity contribution in [1.29, 1.82) is 0 Å². The molecule has 0 spiro atoms. The molecule has 1 aromatic carbocycles. The molecule has 1 rings (SSSR count). The van der Waals surface area contributed by atoms with Crippen molar-refractivity contribution in [1.82, 2.24) is 0 Å². The quantitative estimate of drug-likeness (QED) is 0.354. The molecule has 0 aliphatic heterocycles. The lowest BCUT2D eigenvalue weighted by molar-refractivity contribution is -0.385. The van der Waals surface area contributed by atoms with Gasteiger partial charge in [0.1, 0.15) is 6.04 Å². The van der Waals surface area contributed by atoms with Crippen LogP contribution in [0.25, 0.3) is 0 Å². The van der Waals surface area contributed by atoms with Gasteiger partial charge < -0.3 is 10.5 Å². The summed E-state index contributed by atoms with van der Waals surface area (Å²) in [5.41, 5.74) is 6.38. The zero-order valence-corrected chi connectivity index (χ0v) is 11.4. The van der Waals surface area contributed by atoms with Crippen LogP contribution in [0.15, 0.2) is 24.3 Å². The fourth-order valence-corrected chi connectivity index (χ4v) is 2.50. The first kappa shape index (κ1) is 15.5. The topological polar surface area (TPSA) is 95.5 Å². The number of ether oxygens (including phenoxy) is 1. The van der Waals surface area contributed by atoms with Crippen molar-refractivity contribution in [2.45, 2.75) is 18.2 Å². The highest BCUT2D eigenvalue weighted by atomic mass is 32.2. The Balaban J connectivity index is 2.42. The summed E-state index contributed by atoms with van der Waals surface area (Å²) in [5.74, 6) is 0.721. The number of nitrogens with zero attached hydrogens (tertiary/aromatic N) is 1. The molecule has 0 aliphatic rings. The molecule has 0 bridgehead atoms. The molecule has 19 heavy (non-hydrogen) atoms. The number of thioether (sulfide) groups is 1. The number of nitro groups is 1. The van der Waals surface area contributed by atoms with E-state index in [1.165, 1.54) is 24.9 Å². The maximum Gasteiger partial charge on any atom is 0.322 e. The van der Waals surface area contributed by atoms with Crippen LogP contribution >= 0.6 is 11.8 Å². The summed E-state index contributed by atoms with van der Waals surface area (Å²) in [5, 5.41) is 10.8. The molecular formula is C12H16N2O4S. The lowest BCUT2D eigenvalue weighted by Gasteiger charge is -2.08. The number of carbonyl (C=O) groups is 1. The summed E-state index contributed by atoms with van der Waals surface area (Å²) >= 11 is 1.50. The van der Waals surface area contributed by atoms with Gasteiger partial charge in [-0.3, -0.25) is 14.9 Å². The average Bonchev–Trinajstić information content (AvgIpc) is 2.42. The van der Waals surface area contributed by atoms with Gasteiger partial charge in [-0.25, -0.2) is 0 Å². The molecule has 0 saturated carbocycles. The molecule has 104 valence electrons. The Morgan fingerprint density at radius 2 is 2.21 bits per heavy atom. The summed E-state index contributed by atoms with van der Waals surface area (Å²) in [7, 11) is 1.29. The van der Waals surface area contributed by atoms with E-state index >= 15 is 0 Å². The van der Waals surface area contributed by atoms with Crippen LogP contribution in [-0.2, 0) is 15.3 Å². The second-order valence-electron chi connectivity index (χ2n) is 3.86. The van der Waals surface area contributed by atoms with E-state index in [1.54, 1.807) is 18.2 Å². The van der Waals surface area contributed by atoms with E-state index in [1.807, 2.05) is 0 Å². The predicted octanol–water partition coefficient (Wildman–Crippen LogP) is 1.72. The molecule has 0 amide bonds. The van der Waals surface area contributed by atoms with Gasteiger partial charge in [0.25, 0.3) is 5.69 Å². The number of methoxy groups -OCH3 is 1. The minimum absolute atomic E-state index is 0.118. The first-order valence-corrected chi connectivity index (χ1v) is 6.85. The van der Waals surface area contributed by atoms with Crippen LogP contribution < -0.4 is 5.73 Å². The predicted molar refractivity (Wildman–Crippen MR) is 73.9 cm³/mol. The van der Waals surface area contributed by atoms with Crippen LogP contribution in [0.2, 0.25) is 0 Å². The number of nitrogens with two attached hydrogens (primary N) is 1. The van der Waals surface area contributed by atoms with Crippen LogP contribution in [-0.4, -0.2) is 29.8 Å². The minimum Gasteiger partial charge on any atom is -0.468 e. The van der Waals surface area contributed by atoms with Gasteiger partial charge in [0.05, 0.1) is 12.0 Å². The largest absolute Gasteiger partial charge is 0.468 e. The molecule has 2 N–H and O–H groups in total. The van der Waals surface area contributed by atoms with Gasteiger partial charge in [0, 0.05) is 17.4 Å². The maximum absolute atomic E-state index is 11.1. The molecule has 0 radical (unpaired) electrons. The van der Waals surface area contributed by atoms with Gasteiger partial charge in [-0.2, -0.15) is 11.8 Å². The molecule has 6 nitrogen and oxygen atoms in total. The monoisotopic (exact) mass is 284 g/mol. The lowest BCUT2D eigenvalue weighted by atomic mass is 10.2. The highest BCUT2D eigenvalue weighted by molar-refractivity contribution is 7.98. The van der Waals surface area contributed by atoms with Gasteiger partial charge in [-0.05, 0) is 12.2 Å². The summed E-state index contributed by atoms with van der Waals surface area (Å²) in [4.78, 5) is 21.5. The zero-order valence-electron chi connectivity index (χ0n) is 10.6. The van der Waals surface area contributed by atoms with Crippen molar-refractivity contribution in [3.8, 4) is 0 Å². The van der Waals surface area contributed by atoms with Crippen LogP contribution in [0.1, 0.15) is 12.0 Å². The first-order chi connectivity index (χ1) is 9.06. The first-order valence-electron chi connectivity index (χ1n) is 5.69. The highest BCUT2D eigenvalue weighted by Gasteiger charge is 2.14. The van der Waals surface area contributed by atoms with Gasteiger partial charge >= 0.3 is 5.97 Å².